The Morgan fingerprint density at radius 2 is 0.906 bits per heavy atom. The Balaban J connectivity index is 1.18. The van der Waals surface area contributed by atoms with Gasteiger partial charge < -0.3 is 0 Å². The van der Waals surface area contributed by atoms with Gasteiger partial charge in [0.25, 0.3) is 0 Å². The second kappa shape index (κ2) is 12.7. The van der Waals surface area contributed by atoms with E-state index < -0.39 is 0 Å². The summed E-state index contributed by atoms with van der Waals surface area (Å²) in [6.45, 7) is 0. The molecule has 0 N–H and O–H groups in total. The van der Waals surface area contributed by atoms with E-state index in [4.69, 9.17) is 15.0 Å². The maximum Gasteiger partial charge on any atom is 0.137 e. The van der Waals surface area contributed by atoms with Crippen molar-refractivity contribution < 1.29 is 0 Å². The normalized spacial score (nSPS) is 11.4. The van der Waals surface area contributed by atoms with Gasteiger partial charge in [0.15, 0.2) is 0 Å². The zero-order chi connectivity index (χ0) is 35.1. The Morgan fingerprint density at radius 3 is 1.45 bits per heavy atom. The fourth-order valence-corrected chi connectivity index (χ4v) is 7.23. The quantitative estimate of drug-likeness (QED) is 0.174. The molecule has 0 saturated heterocycles. The molecule has 0 aliphatic rings. The van der Waals surface area contributed by atoms with Gasteiger partial charge in [0.05, 0.1) is 22.4 Å². The molecule has 53 heavy (non-hydrogen) atoms. The summed E-state index contributed by atoms with van der Waals surface area (Å²) in [5, 5.41) is 4.45. The first kappa shape index (κ1) is 30.4. The molecule has 0 radical (unpaired) electrons. The van der Waals surface area contributed by atoms with Crippen molar-refractivity contribution in [2.75, 3.05) is 0 Å². The predicted molar refractivity (Wildman–Crippen MR) is 212 cm³/mol. The predicted octanol–water partition coefficient (Wildman–Crippen LogP) is 10.6. The van der Waals surface area contributed by atoms with Gasteiger partial charge in [0.1, 0.15) is 5.82 Å². The van der Waals surface area contributed by atoms with Gasteiger partial charge in [-0.25, -0.2) is 4.98 Å². The van der Waals surface area contributed by atoms with Crippen molar-refractivity contribution >= 4 is 32.6 Å². The van der Waals surface area contributed by atoms with Gasteiger partial charge in [0.2, 0.25) is 0 Å². The molecule has 10 aromatic rings. The summed E-state index contributed by atoms with van der Waals surface area (Å²) in [5.74, 6) is 0.834. The van der Waals surface area contributed by atoms with Crippen LogP contribution in [0.15, 0.2) is 177 Å². The molecule has 0 aliphatic carbocycles. The van der Waals surface area contributed by atoms with Crippen LogP contribution in [-0.2, 0) is 0 Å². The van der Waals surface area contributed by atoms with Crippen LogP contribution in [-0.4, -0.2) is 34.5 Å². The summed E-state index contributed by atoms with van der Waals surface area (Å²) in [6.07, 6.45) is 16.7. The molecule has 0 bridgehead atoms. The van der Waals surface area contributed by atoms with Crippen LogP contribution in [0.25, 0.3) is 94.3 Å². The van der Waals surface area contributed by atoms with Crippen LogP contribution >= 0.6 is 0 Å². The molecule has 7 heterocycles. The van der Waals surface area contributed by atoms with Crippen molar-refractivity contribution in [3.63, 3.8) is 0 Å². The van der Waals surface area contributed by atoms with Crippen molar-refractivity contribution in [3.05, 3.63) is 177 Å². The molecule has 7 aromatic heterocycles. The number of pyridine rings is 6. The number of hydrogen-bond acceptors (Lipinski definition) is 6. The van der Waals surface area contributed by atoms with Crippen LogP contribution in [0.3, 0.4) is 0 Å². The Morgan fingerprint density at radius 1 is 0.358 bits per heavy atom. The van der Waals surface area contributed by atoms with Gasteiger partial charge in [-0.3, -0.25) is 29.5 Å². The molecule has 0 aliphatic heterocycles. The Bertz CT molecular complexity index is 2890. The average Bonchev–Trinajstić information content (AvgIpc) is 3.58. The van der Waals surface area contributed by atoms with Crippen molar-refractivity contribution in [3.8, 4) is 61.7 Å². The zero-order valence-electron chi connectivity index (χ0n) is 28.4. The first-order valence-electron chi connectivity index (χ1n) is 17.4. The summed E-state index contributed by atoms with van der Waals surface area (Å²) >= 11 is 0. The molecule has 3 aromatic carbocycles. The van der Waals surface area contributed by atoms with E-state index in [9.17, 15) is 0 Å². The van der Waals surface area contributed by atoms with Gasteiger partial charge in [0, 0.05) is 116 Å². The van der Waals surface area contributed by atoms with E-state index in [1.165, 1.54) is 0 Å². The molecule has 0 saturated carbocycles. The summed E-state index contributed by atoms with van der Waals surface area (Å²) in [6, 6.07) is 42.0. The number of aromatic nitrogens is 7. The standard InChI is InChI=1S/C46H29N7/c1-2-10-38-37(9-1)39(43-16-12-35(28-51-43)32-7-4-20-48-25-32)23-41-40-22-30(42-15-11-34(27-50-42)31-6-3-19-47-24-31)13-17-44(40)53(46(38)41)45-18-14-36(29-52-45)33-8-5-21-49-26-33/h1-29H. The Labute approximate surface area is 305 Å². The third-order valence-electron chi connectivity index (χ3n) is 9.83. The van der Waals surface area contributed by atoms with Gasteiger partial charge in [-0.1, -0.05) is 60.7 Å². The fraction of sp³-hybridized carbons (Fsp3) is 0. The molecule has 248 valence electrons. The van der Waals surface area contributed by atoms with Crippen molar-refractivity contribution in [1.82, 2.24) is 34.5 Å². The molecule has 0 spiro atoms. The van der Waals surface area contributed by atoms with Crippen molar-refractivity contribution in [2.24, 2.45) is 0 Å². The molecular formula is C46H29N7. The SMILES string of the molecule is c1cncc(-c2ccc(-c3ccc4c(c3)c3cc(-c5ccc(-c6cccnc6)cn5)c5ccccc5c3n4-c3ccc(-c4cccnc4)cn3)nc2)c1. The number of benzene rings is 3. The van der Waals surface area contributed by atoms with Crippen LogP contribution in [0.1, 0.15) is 0 Å². The maximum atomic E-state index is 5.04. The van der Waals surface area contributed by atoms with Gasteiger partial charge in [-0.2, -0.15) is 0 Å². The lowest BCUT2D eigenvalue weighted by Gasteiger charge is -2.12. The molecular weight excluding hydrogens is 651 g/mol. The number of nitrogens with zero attached hydrogens (tertiary/aromatic N) is 7. The maximum absolute atomic E-state index is 5.04. The highest BCUT2D eigenvalue weighted by atomic mass is 15.1. The smallest absolute Gasteiger partial charge is 0.137 e. The first-order valence-corrected chi connectivity index (χ1v) is 17.4. The van der Waals surface area contributed by atoms with E-state index in [1.807, 2.05) is 61.4 Å². The van der Waals surface area contributed by atoms with Crippen LogP contribution in [0.2, 0.25) is 0 Å². The summed E-state index contributed by atoms with van der Waals surface area (Å²) in [7, 11) is 0. The largest absolute Gasteiger partial charge is 0.293 e. The first-order chi connectivity index (χ1) is 26.3. The summed E-state index contributed by atoms with van der Waals surface area (Å²) in [5.41, 5.74) is 12.2. The van der Waals surface area contributed by atoms with Crippen molar-refractivity contribution in [1.29, 1.82) is 0 Å². The number of rotatable bonds is 6. The molecule has 0 amide bonds. The monoisotopic (exact) mass is 679 g/mol. The third kappa shape index (κ3) is 5.39. The average molecular weight is 680 g/mol. The molecule has 0 unspecified atom stereocenters. The number of fused-ring (bicyclic) bond motifs is 5. The van der Waals surface area contributed by atoms with E-state index >= 15 is 0 Å². The summed E-state index contributed by atoms with van der Waals surface area (Å²) in [4.78, 5) is 27.8. The minimum Gasteiger partial charge on any atom is -0.293 e. The minimum absolute atomic E-state index is 0.834. The number of hydrogen-bond donors (Lipinski definition) is 0. The van der Waals surface area contributed by atoms with Crippen LogP contribution in [0, 0.1) is 0 Å². The lowest BCUT2D eigenvalue weighted by Crippen LogP contribution is -1.98. The highest BCUT2D eigenvalue weighted by Crippen LogP contribution is 2.42. The molecule has 0 atom stereocenters. The Kier molecular flexibility index (Phi) is 7.32. The third-order valence-corrected chi connectivity index (χ3v) is 9.83. The highest BCUT2D eigenvalue weighted by Gasteiger charge is 2.20. The zero-order valence-corrected chi connectivity index (χ0v) is 28.4. The van der Waals surface area contributed by atoms with E-state index in [1.54, 1.807) is 18.6 Å². The van der Waals surface area contributed by atoms with E-state index in [0.717, 1.165) is 94.3 Å². The lowest BCUT2D eigenvalue weighted by molar-refractivity contribution is 1.08. The van der Waals surface area contributed by atoms with E-state index in [0.29, 0.717) is 0 Å². The van der Waals surface area contributed by atoms with Crippen molar-refractivity contribution in [2.45, 2.75) is 0 Å². The van der Waals surface area contributed by atoms with Crippen LogP contribution in [0.5, 0.6) is 0 Å². The lowest BCUT2D eigenvalue weighted by atomic mass is 9.96. The highest BCUT2D eigenvalue weighted by molar-refractivity contribution is 6.22. The molecule has 7 heteroatoms. The molecule has 7 nitrogen and oxygen atoms in total. The van der Waals surface area contributed by atoms with Crippen LogP contribution in [0.4, 0.5) is 0 Å². The van der Waals surface area contributed by atoms with E-state index in [-0.39, 0.29) is 0 Å². The second-order valence-corrected chi connectivity index (χ2v) is 12.9. The van der Waals surface area contributed by atoms with Gasteiger partial charge in [-0.15, -0.1) is 0 Å². The minimum atomic E-state index is 0.834. The molecule has 0 fully saturated rings. The fourth-order valence-electron chi connectivity index (χ4n) is 7.23. The van der Waals surface area contributed by atoms with Gasteiger partial charge in [-0.05, 0) is 66.0 Å². The van der Waals surface area contributed by atoms with Gasteiger partial charge >= 0.3 is 0 Å². The van der Waals surface area contributed by atoms with Crippen LogP contribution < -0.4 is 0 Å². The van der Waals surface area contributed by atoms with E-state index in [2.05, 4.69) is 117 Å². The molecule has 10 rings (SSSR count). The second-order valence-electron chi connectivity index (χ2n) is 12.9. The Hall–Kier alpha value is -7.38. The topological polar surface area (TPSA) is 82.3 Å². The summed E-state index contributed by atoms with van der Waals surface area (Å²) < 4.78 is 2.28.